The molecule has 1 aliphatic rings. The number of hydrogen-bond acceptors (Lipinski definition) is 3. The van der Waals surface area contributed by atoms with Crippen LogP contribution in [0.15, 0.2) is 0 Å². The number of nitrogens with two attached hydrogens (primary N) is 1. The highest BCUT2D eigenvalue weighted by Gasteiger charge is 2.22. The average Bonchev–Trinajstić information content (AvgIpc) is 2.52. The van der Waals surface area contributed by atoms with Crippen molar-refractivity contribution in [1.82, 2.24) is 5.32 Å². The molecule has 0 unspecified atom stereocenters. The maximum atomic E-state index is 5.93. The summed E-state index contributed by atoms with van der Waals surface area (Å²) in [5.41, 5.74) is 5.93. The smallest absolute Gasteiger partial charge is 0.0477 e. The molecule has 0 saturated heterocycles. The molecule has 1 saturated carbocycles. The van der Waals surface area contributed by atoms with Gasteiger partial charge in [0.25, 0.3) is 0 Å². The fraction of sp³-hybridized carbons (Fsp3) is 1.00. The molecule has 0 bridgehead atoms. The van der Waals surface area contributed by atoms with Crippen molar-refractivity contribution >= 4 is 0 Å². The summed E-state index contributed by atoms with van der Waals surface area (Å²) in [5, 5.41) is 3.49. The lowest BCUT2D eigenvalue weighted by Crippen LogP contribution is -2.41. The van der Waals surface area contributed by atoms with Crippen LogP contribution in [-0.2, 0) is 4.74 Å². The molecule has 0 heterocycles. The largest absolute Gasteiger partial charge is 0.382 e. The molecule has 0 aliphatic heterocycles. The normalized spacial score (nSPS) is 28.2. The van der Waals surface area contributed by atoms with Crippen LogP contribution in [0.1, 0.15) is 32.6 Å². The predicted molar refractivity (Wildman–Crippen MR) is 54.7 cm³/mol. The molecule has 0 aromatic carbocycles. The molecule has 0 spiro atoms. The number of nitrogens with one attached hydrogen (secondary N) is 1. The molecule has 1 fully saturated rings. The van der Waals surface area contributed by atoms with Crippen molar-refractivity contribution in [3.63, 3.8) is 0 Å². The summed E-state index contributed by atoms with van der Waals surface area (Å²) in [6, 6.07) is 0.939. The average molecular weight is 186 g/mol. The highest BCUT2D eigenvalue weighted by molar-refractivity contribution is 4.85. The maximum absolute atomic E-state index is 5.93. The van der Waals surface area contributed by atoms with E-state index >= 15 is 0 Å². The van der Waals surface area contributed by atoms with Gasteiger partial charge < -0.3 is 15.8 Å². The third kappa shape index (κ3) is 4.07. The SMILES string of the molecule is CCOCCCN[C@@H]1CCC[C@H]1N. The summed E-state index contributed by atoms with van der Waals surface area (Å²) in [7, 11) is 0. The van der Waals surface area contributed by atoms with Crippen molar-refractivity contribution in [2.45, 2.75) is 44.7 Å². The minimum Gasteiger partial charge on any atom is -0.382 e. The molecular formula is C10H22N2O. The van der Waals surface area contributed by atoms with Crippen LogP contribution in [0.3, 0.4) is 0 Å². The van der Waals surface area contributed by atoms with Crippen LogP contribution >= 0.6 is 0 Å². The molecule has 0 amide bonds. The second-order valence-electron chi connectivity index (χ2n) is 3.71. The highest BCUT2D eigenvalue weighted by Crippen LogP contribution is 2.16. The zero-order valence-electron chi connectivity index (χ0n) is 8.59. The molecule has 0 aromatic heterocycles. The van der Waals surface area contributed by atoms with Crippen molar-refractivity contribution in [2.75, 3.05) is 19.8 Å². The van der Waals surface area contributed by atoms with Crippen molar-refractivity contribution in [2.24, 2.45) is 5.73 Å². The van der Waals surface area contributed by atoms with Crippen LogP contribution in [0.25, 0.3) is 0 Å². The number of hydrogen-bond donors (Lipinski definition) is 2. The van der Waals surface area contributed by atoms with Gasteiger partial charge in [0.15, 0.2) is 0 Å². The first kappa shape index (κ1) is 11.0. The molecule has 3 heteroatoms. The Hall–Kier alpha value is -0.120. The third-order valence-corrected chi connectivity index (χ3v) is 2.65. The Morgan fingerprint density at radius 1 is 1.46 bits per heavy atom. The molecule has 0 radical (unpaired) electrons. The Morgan fingerprint density at radius 3 is 2.92 bits per heavy atom. The molecular weight excluding hydrogens is 164 g/mol. The Bertz CT molecular complexity index is 130. The first-order valence-electron chi connectivity index (χ1n) is 5.41. The van der Waals surface area contributed by atoms with E-state index in [1.54, 1.807) is 0 Å². The van der Waals surface area contributed by atoms with Gasteiger partial charge in [-0.3, -0.25) is 0 Å². The second-order valence-corrected chi connectivity index (χ2v) is 3.71. The second kappa shape index (κ2) is 6.35. The van der Waals surface area contributed by atoms with E-state index in [2.05, 4.69) is 5.32 Å². The zero-order chi connectivity index (χ0) is 9.52. The Balaban J connectivity index is 1.93. The summed E-state index contributed by atoms with van der Waals surface area (Å²) < 4.78 is 5.25. The van der Waals surface area contributed by atoms with Crippen LogP contribution in [0.4, 0.5) is 0 Å². The van der Waals surface area contributed by atoms with E-state index in [4.69, 9.17) is 10.5 Å². The number of ether oxygens (including phenoxy) is 1. The first-order chi connectivity index (χ1) is 6.34. The van der Waals surface area contributed by atoms with E-state index in [1.165, 1.54) is 19.3 Å². The fourth-order valence-electron chi connectivity index (χ4n) is 1.85. The van der Waals surface area contributed by atoms with Gasteiger partial charge in [0.1, 0.15) is 0 Å². The van der Waals surface area contributed by atoms with Gasteiger partial charge in [-0.1, -0.05) is 6.42 Å². The lowest BCUT2D eigenvalue weighted by atomic mass is 10.2. The van der Waals surface area contributed by atoms with Gasteiger partial charge >= 0.3 is 0 Å². The van der Waals surface area contributed by atoms with E-state index in [9.17, 15) is 0 Å². The monoisotopic (exact) mass is 186 g/mol. The maximum Gasteiger partial charge on any atom is 0.0477 e. The van der Waals surface area contributed by atoms with E-state index < -0.39 is 0 Å². The molecule has 13 heavy (non-hydrogen) atoms. The molecule has 3 nitrogen and oxygen atoms in total. The standard InChI is InChI=1S/C10H22N2O/c1-2-13-8-4-7-12-10-6-3-5-9(10)11/h9-10,12H,2-8,11H2,1H3/t9-,10-/m1/s1. The minimum absolute atomic E-state index is 0.382. The Kier molecular flexibility index (Phi) is 5.35. The van der Waals surface area contributed by atoms with Gasteiger partial charge in [0, 0.05) is 25.3 Å². The molecule has 1 rings (SSSR count). The summed E-state index contributed by atoms with van der Waals surface area (Å²) in [6.45, 7) is 4.76. The fourth-order valence-corrected chi connectivity index (χ4v) is 1.85. The van der Waals surface area contributed by atoms with Crippen LogP contribution < -0.4 is 11.1 Å². The van der Waals surface area contributed by atoms with Crippen molar-refractivity contribution in [1.29, 1.82) is 0 Å². The van der Waals surface area contributed by atoms with Crippen molar-refractivity contribution in [3.05, 3.63) is 0 Å². The summed E-state index contributed by atoms with van der Waals surface area (Å²) in [4.78, 5) is 0. The summed E-state index contributed by atoms with van der Waals surface area (Å²) in [6.07, 6.45) is 4.81. The Morgan fingerprint density at radius 2 is 2.31 bits per heavy atom. The van der Waals surface area contributed by atoms with Gasteiger partial charge in [-0.2, -0.15) is 0 Å². The van der Waals surface area contributed by atoms with E-state index in [1.807, 2.05) is 6.92 Å². The van der Waals surface area contributed by atoms with E-state index in [0.717, 1.165) is 26.2 Å². The minimum atomic E-state index is 0.382. The van der Waals surface area contributed by atoms with Crippen LogP contribution in [0.2, 0.25) is 0 Å². The molecule has 78 valence electrons. The van der Waals surface area contributed by atoms with E-state index in [0.29, 0.717) is 12.1 Å². The quantitative estimate of drug-likeness (QED) is 0.605. The van der Waals surface area contributed by atoms with Gasteiger partial charge in [0.05, 0.1) is 0 Å². The first-order valence-corrected chi connectivity index (χ1v) is 5.41. The van der Waals surface area contributed by atoms with Crippen molar-refractivity contribution < 1.29 is 4.74 Å². The molecule has 1 aliphatic carbocycles. The molecule has 3 N–H and O–H groups in total. The highest BCUT2D eigenvalue weighted by atomic mass is 16.5. The van der Waals surface area contributed by atoms with Gasteiger partial charge in [0.2, 0.25) is 0 Å². The third-order valence-electron chi connectivity index (χ3n) is 2.65. The van der Waals surface area contributed by atoms with Gasteiger partial charge in [-0.15, -0.1) is 0 Å². The van der Waals surface area contributed by atoms with Crippen LogP contribution in [-0.4, -0.2) is 31.8 Å². The summed E-state index contributed by atoms with van der Waals surface area (Å²) >= 11 is 0. The van der Waals surface area contributed by atoms with Gasteiger partial charge in [-0.05, 0) is 32.7 Å². The lowest BCUT2D eigenvalue weighted by Gasteiger charge is -2.16. The molecule has 2 atom stereocenters. The number of rotatable bonds is 6. The Labute approximate surface area is 81.0 Å². The summed E-state index contributed by atoms with van der Waals surface area (Å²) in [5.74, 6) is 0. The molecule has 0 aromatic rings. The predicted octanol–water partition coefficient (Wildman–Crippen LogP) is 0.882. The topological polar surface area (TPSA) is 47.3 Å². The van der Waals surface area contributed by atoms with Crippen molar-refractivity contribution in [3.8, 4) is 0 Å². The zero-order valence-corrected chi connectivity index (χ0v) is 8.59. The lowest BCUT2D eigenvalue weighted by molar-refractivity contribution is 0.144. The van der Waals surface area contributed by atoms with E-state index in [-0.39, 0.29) is 0 Å². The van der Waals surface area contributed by atoms with Crippen LogP contribution in [0, 0.1) is 0 Å². The van der Waals surface area contributed by atoms with Crippen LogP contribution in [0.5, 0.6) is 0 Å². The van der Waals surface area contributed by atoms with Gasteiger partial charge in [-0.25, -0.2) is 0 Å².